The lowest BCUT2D eigenvalue weighted by Gasteiger charge is -2.12. The number of aldehydes is 1. The fourth-order valence-electron chi connectivity index (χ4n) is 1.50. The Bertz CT molecular complexity index is 450. The van der Waals surface area contributed by atoms with E-state index >= 15 is 0 Å². The van der Waals surface area contributed by atoms with Crippen LogP contribution < -0.4 is 0 Å². The van der Waals surface area contributed by atoms with Gasteiger partial charge in [0.05, 0.1) is 5.69 Å². The van der Waals surface area contributed by atoms with Crippen LogP contribution in [0, 0.1) is 0 Å². The number of halogens is 3. The van der Waals surface area contributed by atoms with Crippen molar-refractivity contribution in [1.29, 1.82) is 0 Å². The van der Waals surface area contributed by atoms with Crippen LogP contribution in [0.4, 0.5) is 13.2 Å². The van der Waals surface area contributed by atoms with Crippen LogP contribution in [0.15, 0.2) is 18.2 Å². The molecular formula is C13H14F3NO. The molecule has 0 radical (unpaired) electrons. The molecule has 0 N–H and O–H groups in total. The third-order valence-electron chi connectivity index (χ3n) is 2.32. The van der Waals surface area contributed by atoms with E-state index in [4.69, 9.17) is 0 Å². The van der Waals surface area contributed by atoms with E-state index in [1.165, 1.54) is 6.07 Å². The van der Waals surface area contributed by atoms with Crippen molar-refractivity contribution in [2.45, 2.75) is 32.4 Å². The van der Waals surface area contributed by atoms with Crippen LogP contribution in [0.5, 0.6) is 0 Å². The average molecular weight is 257 g/mol. The average Bonchev–Trinajstić information content (AvgIpc) is 2.28. The van der Waals surface area contributed by atoms with Gasteiger partial charge in [0, 0.05) is 6.42 Å². The predicted octanol–water partition coefficient (Wildman–Crippen LogP) is 3.83. The van der Waals surface area contributed by atoms with Gasteiger partial charge in [-0.2, -0.15) is 13.2 Å². The van der Waals surface area contributed by atoms with Crippen LogP contribution >= 0.6 is 0 Å². The lowest BCUT2D eigenvalue weighted by molar-refractivity contribution is -0.141. The quantitative estimate of drug-likeness (QED) is 0.767. The summed E-state index contributed by atoms with van der Waals surface area (Å²) in [5, 5.41) is 0. The van der Waals surface area contributed by atoms with Gasteiger partial charge in [-0.25, -0.2) is 4.98 Å². The highest BCUT2D eigenvalue weighted by atomic mass is 19.4. The van der Waals surface area contributed by atoms with E-state index in [0.29, 0.717) is 11.3 Å². The molecule has 0 saturated heterocycles. The SMILES string of the molecule is CC(C)c1nc(C(F)(F)F)ccc1C=CCC=O. The van der Waals surface area contributed by atoms with Gasteiger partial charge in [-0.15, -0.1) is 0 Å². The first-order chi connectivity index (χ1) is 8.36. The molecule has 0 spiro atoms. The first-order valence-electron chi connectivity index (χ1n) is 5.54. The van der Waals surface area contributed by atoms with Crippen molar-refractivity contribution in [2.75, 3.05) is 0 Å². The maximum atomic E-state index is 12.5. The summed E-state index contributed by atoms with van der Waals surface area (Å²) in [6.45, 7) is 3.55. The zero-order valence-corrected chi connectivity index (χ0v) is 10.2. The number of aromatic nitrogens is 1. The van der Waals surface area contributed by atoms with Crippen LogP contribution in [0.1, 0.15) is 43.1 Å². The second-order valence-electron chi connectivity index (χ2n) is 4.13. The summed E-state index contributed by atoms with van der Waals surface area (Å²) in [5.74, 6) is -0.122. The van der Waals surface area contributed by atoms with Crippen molar-refractivity contribution in [3.05, 3.63) is 35.2 Å². The van der Waals surface area contributed by atoms with Gasteiger partial charge in [0.1, 0.15) is 12.0 Å². The molecule has 0 fully saturated rings. The van der Waals surface area contributed by atoms with Gasteiger partial charge < -0.3 is 4.79 Å². The highest BCUT2D eigenvalue weighted by Gasteiger charge is 2.33. The molecule has 0 saturated carbocycles. The van der Waals surface area contributed by atoms with Crippen molar-refractivity contribution in [2.24, 2.45) is 0 Å². The standard InChI is InChI=1S/C13H14F3NO/c1-9(2)12-10(5-3-4-8-18)6-7-11(17-12)13(14,15)16/h3,5-9H,4H2,1-2H3. The largest absolute Gasteiger partial charge is 0.433 e. The Labute approximate surface area is 104 Å². The fraction of sp³-hybridized carbons (Fsp3) is 0.385. The Balaban J connectivity index is 3.16. The van der Waals surface area contributed by atoms with Crippen molar-refractivity contribution in [1.82, 2.24) is 4.98 Å². The molecular weight excluding hydrogens is 243 g/mol. The highest BCUT2D eigenvalue weighted by molar-refractivity contribution is 5.59. The lowest BCUT2D eigenvalue weighted by Crippen LogP contribution is -2.10. The number of rotatable bonds is 4. The molecule has 1 aromatic heterocycles. The zero-order chi connectivity index (χ0) is 13.8. The number of carbonyl (C=O) groups is 1. The van der Waals surface area contributed by atoms with Crippen molar-refractivity contribution >= 4 is 12.4 Å². The minimum Gasteiger partial charge on any atom is -0.303 e. The Hall–Kier alpha value is -1.65. The smallest absolute Gasteiger partial charge is 0.303 e. The second-order valence-corrected chi connectivity index (χ2v) is 4.13. The molecule has 5 heteroatoms. The number of pyridine rings is 1. The number of hydrogen-bond donors (Lipinski definition) is 0. The third kappa shape index (κ3) is 3.68. The molecule has 0 aliphatic heterocycles. The molecule has 0 aliphatic rings. The van der Waals surface area contributed by atoms with Gasteiger partial charge in [-0.3, -0.25) is 0 Å². The topological polar surface area (TPSA) is 30.0 Å². The number of nitrogens with zero attached hydrogens (tertiary/aromatic N) is 1. The Morgan fingerprint density at radius 2 is 2.00 bits per heavy atom. The van der Waals surface area contributed by atoms with E-state index in [2.05, 4.69) is 4.98 Å². The van der Waals surface area contributed by atoms with Gasteiger partial charge >= 0.3 is 6.18 Å². The van der Waals surface area contributed by atoms with Crippen LogP contribution in [0.3, 0.4) is 0 Å². The van der Waals surface area contributed by atoms with Crippen LogP contribution in [-0.2, 0) is 11.0 Å². The number of carbonyl (C=O) groups excluding carboxylic acids is 1. The maximum absolute atomic E-state index is 12.5. The molecule has 0 bridgehead atoms. The molecule has 0 unspecified atom stereocenters. The van der Waals surface area contributed by atoms with Gasteiger partial charge in [-0.1, -0.05) is 32.1 Å². The Morgan fingerprint density at radius 3 is 2.50 bits per heavy atom. The minimum absolute atomic E-state index is 0.122. The van der Waals surface area contributed by atoms with Crippen LogP contribution in [-0.4, -0.2) is 11.3 Å². The molecule has 2 nitrogen and oxygen atoms in total. The van der Waals surface area contributed by atoms with Gasteiger partial charge in [0.2, 0.25) is 0 Å². The molecule has 1 rings (SSSR count). The third-order valence-corrected chi connectivity index (χ3v) is 2.32. The maximum Gasteiger partial charge on any atom is 0.433 e. The summed E-state index contributed by atoms with van der Waals surface area (Å²) < 4.78 is 37.6. The Morgan fingerprint density at radius 1 is 1.33 bits per heavy atom. The Kier molecular flexibility index (Phi) is 4.64. The van der Waals surface area contributed by atoms with Gasteiger partial charge in [0.15, 0.2) is 0 Å². The first-order valence-corrected chi connectivity index (χ1v) is 5.54. The normalized spacial score (nSPS) is 12.3. The summed E-state index contributed by atoms with van der Waals surface area (Å²) in [6, 6.07) is 2.33. The highest BCUT2D eigenvalue weighted by Crippen LogP contribution is 2.30. The minimum atomic E-state index is -4.44. The number of hydrogen-bond acceptors (Lipinski definition) is 2. The molecule has 0 amide bonds. The summed E-state index contributed by atoms with van der Waals surface area (Å²) in [4.78, 5) is 13.8. The number of allylic oxidation sites excluding steroid dienone is 1. The summed E-state index contributed by atoms with van der Waals surface area (Å²) >= 11 is 0. The monoisotopic (exact) mass is 257 g/mol. The molecule has 0 aromatic carbocycles. The molecule has 18 heavy (non-hydrogen) atoms. The van der Waals surface area contributed by atoms with Crippen LogP contribution in [0.25, 0.3) is 6.08 Å². The van der Waals surface area contributed by atoms with Crippen molar-refractivity contribution in [3.8, 4) is 0 Å². The predicted molar refractivity (Wildman–Crippen MR) is 63.0 cm³/mol. The van der Waals surface area contributed by atoms with E-state index < -0.39 is 11.9 Å². The van der Waals surface area contributed by atoms with E-state index in [1.807, 2.05) is 0 Å². The molecule has 98 valence electrons. The first kappa shape index (κ1) is 14.4. The molecule has 0 atom stereocenters. The summed E-state index contributed by atoms with van der Waals surface area (Å²) in [5.41, 5.74) is 0.102. The lowest BCUT2D eigenvalue weighted by atomic mass is 10.0. The van der Waals surface area contributed by atoms with E-state index in [0.717, 1.165) is 12.4 Å². The second kappa shape index (κ2) is 5.80. The van der Waals surface area contributed by atoms with Gasteiger partial charge in [-0.05, 0) is 17.5 Å². The van der Waals surface area contributed by atoms with Gasteiger partial charge in [0.25, 0.3) is 0 Å². The fourth-order valence-corrected chi connectivity index (χ4v) is 1.50. The van der Waals surface area contributed by atoms with Crippen molar-refractivity contribution in [3.63, 3.8) is 0 Å². The van der Waals surface area contributed by atoms with Crippen LogP contribution in [0.2, 0.25) is 0 Å². The molecule has 1 aromatic rings. The van der Waals surface area contributed by atoms with Crippen molar-refractivity contribution < 1.29 is 18.0 Å². The van der Waals surface area contributed by atoms with E-state index in [-0.39, 0.29) is 12.3 Å². The van der Waals surface area contributed by atoms with E-state index in [1.54, 1.807) is 26.0 Å². The molecule has 0 aliphatic carbocycles. The number of alkyl halides is 3. The molecule has 1 heterocycles. The summed E-state index contributed by atoms with van der Waals surface area (Å²) in [6.07, 6.45) is -0.254. The van der Waals surface area contributed by atoms with E-state index in [9.17, 15) is 18.0 Å². The zero-order valence-electron chi connectivity index (χ0n) is 10.2. The summed E-state index contributed by atoms with van der Waals surface area (Å²) in [7, 11) is 0.